The van der Waals surface area contributed by atoms with Crippen LogP contribution in [0, 0.1) is 0 Å². The van der Waals surface area contributed by atoms with Gasteiger partial charge in [-0.3, -0.25) is 0 Å². The number of aliphatic hydroxyl groups excluding tert-OH is 1. The number of carbonyl (C=O) groups excluding carboxylic acids is 1. The number of rotatable bonds is 7. The van der Waals surface area contributed by atoms with Gasteiger partial charge in [-0.2, -0.15) is 0 Å². The molecule has 0 aromatic carbocycles. The van der Waals surface area contributed by atoms with E-state index < -0.39 is 20.4 Å². The molecule has 0 saturated carbocycles. The largest absolute Gasteiger partial charge is 0.463 e. The molecule has 0 spiro atoms. The zero-order valence-electron chi connectivity index (χ0n) is 13.1. The molecule has 0 rings (SSSR count). The Morgan fingerprint density at radius 1 is 1.37 bits per heavy atom. The van der Waals surface area contributed by atoms with Crippen molar-refractivity contribution in [3.8, 4) is 0 Å². The van der Waals surface area contributed by atoms with Crippen LogP contribution in [0.3, 0.4) is 0 Å². The summed E-state index contributed by atoms with van der Waals surface area (Å²) in [6, 6.07) is 0. The molecule has 19 heavy (non-hydrogen) atoms. The van der Waals surface area contributed by atoms with Gasteiger partial charge in [-0.15, -0.1) is 0 Å². The van der Waals surface area contributed by atoms with Crippen LogP contribution in [0.15, 0.2) is 12.2 Å². The summed E-state index contributed by atoms with van der Waals surface area (Å²) in [5.41, 5.74) is 0.0979. The summed E-state index contributed by atoms with van der Waals surface area (Å²) in [5.74, 6) is -0.540. The Labute approximate surface area is 117 Å². The summed E-state index contributed by atoms with van der Waals surface area (Å²) >= 11 is 0. The van der Waals surface area contributed by atoms with Crippen LogP contribution < -0.4 is 0 Å². The average molecular weight is 288 g/mol. The molecule has 0 radical (unpaired) electrons. The molecule has 1 unspecified atom stereocenters. The van der Waals surface area contributed by atoms with Gasteiger partial charge in [0.15, 0.2) is 8.32 Å². The van der Waals surface area contributed by atoms with E-state index in [0.29, 0.717) is 13.0 Å². The Bertz CT molecular complexity index is 318. The van der Waals surface area contributed by atoms with Gasteiger partial charge in [-0.1, -0.05) is 27.4 Å². The normalized spacial score (nSPS) is 14.1. The minimum Gasteiger partial charge on any atom is -0.463 e. The fourth-order valence-corrected chi connectivity index (χ4v) is 2.24. The number of hydrogen-bond donors (Lipinski definition) is 1. The molecular weight excluding hydrogens is 260 g/mol. The molecule has 0 aromatic heterocycles. The Kier molecular flexibility index (Phi) is 6.97. The van der Waals surface area contributed by atoms with Gasteiger partial charge in [-0.25, -0.2) is 4.79 Å². The van der Waals surface area contributed by atoms with Crippen molar-refractivity contribution in [1.82, 2.24) is 0 Å². The molecule has 4 nitrogen and oxygen atoms in total. The maximum atomic E-state index is 11.4. The van der Waals surface area contributed by atoms with Crippen molar-refractivity contribution >= 4 is 14.3 Å². The van der Waals surface area contributed by atoms with Gasteiger partial charge in [0.2, 0.25) is 0 Å². The second-order valence-corrected chi connectivity index (χ2v) is 11.0. The fraction of sp³-hybridized carbons (Fsp3) is 0.786. The lowest BCUT2D eigenvalue weighted by Gasteiger charge is -2.36. The van der Waals surface area contributed by atoms with Crippen molar-refractivity contribution in [2.45, 2.75) is 58.4 Å². The summed E-state index contributed by atoms with van der Waals surface area (Å²) in [6.45, 7) is 16.8. The maximum Gasteiger partial charge on any atom is 0.336 e. The fourth-order valence-electron chi connectivity index (χ4n) is 1.18. The smallest absolute Gasteiger partial charge is 0.336 e. The topological polar surface area (TPSA) is 55.8 Å². The average Bonchev–Trinajstić information content (AvgIpc) is 2.26. The van der Waals surface area contributed by atoms with E-state index in [1.807, 2.05) is 0 Å². The molecule has 1 atom stereocenters. The second-order valence-electron chi connectivity index (χ2n) is 6.16. The minimum absolute atomic E-state index is 0.0979. The number of carbonyl (C=O) groups is 1. The van der Waals surface area contributed by atoms with Crippen LogP contribution in [0.4, 0.5) is 0 Å². The molecule has 0 aliphatic carbocycles. The van der Waals surface area contributed by atoms with E-state index in [-0.39, 0.29) is 17.2 Å². The molecule has 0 aromatic rings. The van der Waals surface area contributed by atoms with Crippen LogP contribution in [0.1, 0.15) is 34.1 Å². The number of esters is 1. The molecule has 1 N–H and O–H groups in total. The Balaban J connectivity index is 4.22. The molecule has 0 fully saturated rings. The van der Waals surface area contributed by atoms with Gasteiger partial charge in [-0.05, 0) is 31.5 Å². The number of ether oxygens (including phenoxy) is 1. The lowest BCUT2D eigenvalue weighted by molar-refractivity contribution is -0.139. The quantitative estimate of drug-likeness (QED) is 0.444. The zero-order valence-corrected chi connectivity index (χ0v) is 14.1. The summed E-state index contributed by atoms with van der Waals surface area (Å²) in [4.78, 5) is 11.4. The van der Waals surface area contributed by atoms with Crippen LogP contribution in [0.25, 0.3) is 0 Å². The van der Waals surface area contributed by atoms with E-state index in [1.54, 1.807) is 6.92 Å². The highest BCUT2D eigenvalue weighted by Gasteiger charge is 2.37. The van der Waals surface area contributed by atoms with Crippen molar-refractivity contribution in [3.63, 3.8) is 0 Å². The highest BCUT2D eigenvalue weighted by Crippen LogP contribution is 2.36. The third-order valence-electron chi connectivity index (χ3n) is 3.60. The third kappa shape index (κ3) is 5.89. The molecule has 0 bridgehead atoms. The lowest BCUT2D eigenvalue weighted by atomic mass is 10.1. The zero-order chi connectivity index (χ0) is 15.3. The lowest BCUT2D eigenvalue weighted by Crippen LogP contribution is -2.41. The van der Waals surface area contributed by atoms with E-state index >= 15 is 0 Å². The maximum absolute atomic E-state index is 11.4. The van der Waals surface area contributed by atoms with Crippen LogP contribution >= 0.6 is 0 Å². The van der Waals surface area contributed by atoms with Crippen molar-refractivity contribution in [3.05, 3.63) is 12.2 Å². The SMILES string of the molecule is C=C(C(=O)OCC)C(O)CCO[Si](C)(C)C(C)(C)C. The molecule has 0 amide bonds. The van der Waals surface area contributed by atoms with Gasteiger partial charge in [0.1, 0.15) is 0 Å². The van der Waals surface area contributed by atoms with Gasteiger partial charge in [0, 0.05) is 6.61 Å². The monoisotopic (exact) mass is 288 g/mol. The van der Waals surface area contributed by atoms with Gasteiger partial charge < -0.3 is 14.3 Å². The van der Waals surface area contributed by atoms with Crippen LogP contribution in [0.2, 0.25) is 18.1 Å². The summed E-state index contributed by atoms with van der Waals surface area (Å²) in [7, 11) is -1.81. The highest BCUT2D eigenvalue weighted by molar-refractivity contribution is 6.74. The highest BCUT2D eigenvalue weighted by atomic mass is 28.4. The van der Waals surface area contributed by atoms with Gasteiger partial charge in [0.25, 0.3) is 0 Å². The molecule has 5 heteroatoms. The Morgan fingerprint density at radius 2 is 1.89 bits per heavy atom. The van der Waals surface area contributed by atoms with E-state index in [9.17, 15) is 9.90 Å². The second kappa shape index (κ2) is 7.22. The Morgan fingerprint density at radius 3 is 2.32 bits per heavy atom. The molecule has 0 aliphatic rings. The third-order valence-corrected chi connectivity index (χ3v) is 8.14. The van der Waals surface area contributed by atoms with Crippen LogP contribution in [-0.4, -0.2) is 38.7 Å². The van der Waals surface area contributed by atoms with E-state index in [4.69, 9.17) is 9.16 Å². The minimum atomic E-state index is -1.81. The number of hydrogen-bond acceptors (Lipinski definition) is 4. The standard InChI is InChI=1S/C14H28O4Si/c1-8-17-13(16)11(2)12(15)9-10-18-19(6,7)14(3,4)5/h12,15H,2,8-10H2,1,3-7H3. The van der Waals surface area contributed by atoms with Crippen molar-refractivity contribution < 1.29 is 19.1 Å². The van der Waals surface area contributed by atoms with Gasteiger partial charge in [0.05, 0.1) is 18.3 Å². The van der Waals surface area contributed by atoms with Crippen molar-refractivity contribution in [1.29, 1.82) is 0 Å². The molecule has 112 valence electrons. The van der Waals surface area contributed by atoms with E-state index in [1.165, 1.54) is 0 Å². The molecule has 0 heterocycles. The summed E-state index contributed by atoms with van der Waals surface area (Å²) in [5, 5.41) is 9.98. The Hall–Kier alpha value is -0.653. The van der Waals surface area contributed by atoms with Crippen molar-refractivity contribution in [2.24, 2.45) is 0 Å². The first kappa shape index (κ1) is 18.3. The van der Waals surface area contributed by atoms with Gasteiger partial charge >= 0.3 is 5.97 Å². The van der Waals surface area contributed by atoms with Crippen molar-refractivity contribution in [2.75, 3.05) is 13.2 Å². The molecule has 0 aliphatic heterocycles. The first-order chi connectivity index (χ1) is 8.53. The predicted molar refractivity (Wildman–Crippen MR) is 79.5 cm³/mol. The predicted octanol–water partition coefficient (Wildman–Crippen LogP) is 2.88. The number of aliphatic hydroxyl groups is 1. The van der Waals surface area contributed by atoms with E-state index in [0.717, 1.165) is 0 Å². The van der Waals surface area contributed by atoms with Crippen LogP contribution in [-0.2, 0) is 14.0 Å². The van der Waals surface area contributed by atoms with E-state index in [2.05, 4.69) is 40.4 Å². The van der Waals surface area contributed by atoms with Crippen LogP contribution in [0.5, 0.6) is 0 Å². The first-order valence-corrected chi connectivity index (χ1v) is 9.61. The first-order valence-electron chi connectivity index (χ1n) is 6.71. The summed E-state index contributed by atoms with van der Waals surface area (Å²) < 4.78 is 10.7. The molecular formula is C14H28O4Si. The molecule has 0 saturated heterocycles. The summed E-state index contributed by atoms with van der Waals surface area (Å²) in [6.07, 6.45) is -0.534.